The van der Waals surface area contributed by atoms with Gasteiger partial charge >= 0.3 is 0 Å². The Balaban J connectivity index is 1.95. The lowest BCUT2D eigenvalue weighted by molar-refractivity contribution is -0.139. The first-order valence-electron chi connectivity index (χ1n) is 10.5. The number of carbonyl (C=O) groups excluding carboxylic acids is 1. The molecular formula is C26H30O3. The van der Waals surface area contributed by atoms with Crippen LogP contribution in [0.15, 0.2) is 82.9 Å². The number of carbonyl (C=O) groups is 1. The lowest BCUT2D eigenvalue weighted by atomic mass is 9.61. The number of hydrogen-bond acceptors (Lipinski definition) is 3. The number of hydrogen-bond donors (Lipinski definition) is 0. The van der Waals surface area contributed by atoms with Gasteiger partial charge in [0.25, 0.3) is 0 Å². The summed E-state index contributed by atoms with van der Waals surface area (Å²) in [6, 6.07) is 0. The number of Topliss-reactive ketones (excluding diaryl/α,β-unsaturated/α-hetero) is 1. The lowest BCUT2D eigenvalue weighted by Crippen LogP contribution is -2.53. The molecule has 29 heavy (non-hydrogen) atoms. The van der Waals surface area contributed by atoms with Crippen LogP contribution in [-0.2, 0) is 14.3 Å². The quantitative estimate of drug-likeness (QED) is 0.484. The van der Waals surface area contributed by atoms with Crippen molar-refractivity contribution in [3.05, 3.63) is 82.9 Å². The molecule has 0 aromatic carbocycles. The van der Waals surface area contributed by atoms with Crippen molar-refractivity contribution in [2.45, 2.75) is 52.6 Å². The minimum atomic E-state index is -0.992. The highest BCUT2D eigenvalue weighted by Crippen LogP contribution is 2.55. The number of ether oxygens (including phenoxy) is 2. The highest BCUT2D eigenvalue weighted by Gasteiger charge is 2.62. The number of rotatable bonds is 0. The van der Waals surface area contributed by atoms with E-state index >= 15 is 0 Å². The first-order valence-corrected chi connectivity index (χ1v) is 10.5. The van der Waals surface area contributed by atoms with Crippen LogP contribution >= 0.6 is 0 Å². The second kappa shape index (κ2) is 7.05. The van der Waals surface area contributed by atoms with E-state index < -0.39 is 11.0 Å². The molecule has 0 N–H and O–H groups in total. The fraction of sp³-hybridized carbons (Fsp3) is 0.423. The Labute approximate surface area is 173 Å². The van der Waals surface area contributed by atoms with Crippen LogP contribution in [0.1, 0.15) is 47.0 Å². The molecule has 4 bridgehead atoms. The Hall–Kier alpha value is -2.55. The highest BCUT2D eigenvalue weighted by atomic mass is 16.5. The smallest absolute Gasteiger partial charge is 0.215 e. The van der Waals surface area contributed by atoms with Crippen molar-refractivity contribution in [2.75, 3.05) is 6.61 Å². The van der Waals surface area contributed by atoms with Gasteiger partial charge in [0.1, 0.15) is 23.7 Å². The Kier molecular flexibility index (Phi) is 4.80. The van der Waals surface area contributed by atoms with Gasteiger partial charge < -0.3 is 9.47 Å². The molecule has 3 nitrogen and oxygen atoms in total. The molecule has 3 heterocycles. The van der Waals surface area contributed by atoms with Gasteiger partial charge in [-0.2, -0.15) is 0 Å². The summed E-state index contributed by atoms with van der Waals surface area (Å²) in [4.78, 5) is 13.9. The Morgan fingerprint density at radius 2 is 1.93 bits per heavy atom. The van der Waals surface area contributed by atoms with E-state index in [-0.39, 0.29) is 11.7 Å². The van der Waals surface area contributed by atoms with Crippen molar-refractivity contribution in [1.82, 2.24) is 0 Å². The monoisotopic (exact) mass is 390 g/mol. The van der Waals surface area contributed by atoms with E-state index in [1.54, 1.807) is 0 Å². The van der Waals surface area contributed by atoms with Crippen molar-refractivity contribution >= 4 is 5.78 Å². The van der Waals surface area contributed by atoms with E-state index in [0.717, 1.165) is 24.0 Å². The SMILES string of the molecule is C=C1O[C@@]23C[C@H](C)C(C)=C[C@]2(C)/C=C(C)/C=C/CC/C=C2/C=CC(=C1C3=O)OC2. The van der Waals surface area contributed by atoms with Gasteiger partial charge in [0, 0.05) is 6.42 Å². The van der Waals surface area contributed by atoms with Crippen molar-refractivity contribution in [1.29, 1.82) is 0 Å². The molecule has 2 aliphatic carbocycles. The maximum atomic E-state index is 13.9. The van der Waals surface area contributed by atoms with E-state index in [1.807, 2.05) is 12.2 Å². The van der Waals surface area contributed by atoms with E-state index in [1.165, 1.54) is 5.57 Å². The molecule has 152 valence electrons. The van der Waals surface area contributed by atoms with Gasteiger partial charge in [-0.1, -0.05) is 61.1 Å². The summed E-state index contributed by atoms with van der Waals surface area (Å²) in [5, 5.41) is 0. The first kappa shape index (κ1) is 19.8. The molecule has 3 heteroatoms. The fourth-order valence-corrected chi connectivity index (χ4v) is 4.95. The molecule has 5 aliphatic rings. The van der Waals surface area contributed by atoms with Crippen molar-refractivity contribution < 1.29 is 14.3 Å². The van der Waals surface area contributed by atoms with Crippen LogP contribution in [0.4, 0.5) is 0 Å². The summed E-state index contributed by atoms with van der Waals surface area (Å²) in [6.07, 6.45) is 17.4. The molecule has 0 aromatic heterocycles. The predicted molar refractivity (Wildman–Crippen MR) is 116 cm³/mol. The topological polar surface area (TPSA) is 35.5 Å². The van der Waals surface area contributed by atoms with E-state index in [0.29, 0.717) is 30.1 Å². The van der Waals surface area contributed by atoms with E-state index in [9.17, 15) is 4.79 Å². The van der Waals surface area contributed by atoms with Crippen molar-refractivity contribution in [2.24, 2.45) is 11.3 Å². The van der Waals surface area contributed by atoms with Crippen LogP contribution in [0.5, 0.6) is 0 Å². The predicted octanol–water partition coefficient (Wildman–Crippen LogP) is 5.89. The number of ketones is 1. The molecule has 3 atom stereocenters. The summed E-state index contributed by atoms with van der Waals surface area (Å²) in [5.41, 5.74) is 2.48. The number of fused-ring (bicyclic) bond motifs is 5. The largest absolute Gasteiger partial charge is 0.488 e. The van der Waals surface area contributed by atoms with Gasteiger partial charge in [-0.15, -0.1) is 0 Å². The molecular weight excluding hydrogens is 360 g/mol. The van der Waals surface area contributed by atoms with Crippen LogP contribution in [0, 0.1) is 11.3 Å². The minimum Gasteiger partial charge on any atom is -0.488 e. The van der Waals surface area contributed by atoms with E-state index in [4.69, 9.17) is 9.47 Å². The third-order valence-electron chi connectivity index (χ3n) is 6.68. The van der Waals surface area contributed by atoms with E-state index in [2.05, 4.69) is 64.7 Å². The lowest BCUT2D eigenvalue weighted by Gasteiger charge is -2.46. The van der Waals surface area contributed by atoms with Gasteiger partial charge in [0.15, 0.2) is 5.60 Å². The van der Waals surface area contributed by atoms with Crippen LogP contribution < -0.4 is 0 Å². The Morgan fingerprint density at radius 1 is 1.14 bits per heavy atom. The third kappa shape index (κ3) is 3.17. The van der Waals surface area contributed by atoms with Gasteiger partial charge in [-0.05, 0) is 51.2 Å². The summed E-state index contributed by atoms with van der Waals surface area (Å²) < 4.78 is 12.4. The fourth-order valence-electron chi connectivity index (χ4n) is 4.95. The van der Waals surface area contributed by atoms with Crippen LogP contribution in [0.2, 0.25) is 0 Å². The number of allylic oxidation sites excluding steroid dienone is 7. The standard InChI is InChI=1S/C26H30O3/c1-17-9-7-6-8-10-21-11-12-22(28-16-21)23-20(4)29-26(24(23)27)15-19(3)18(2)14-25(26,5)13-17/h7,9-14,19H,4,6,8,15-16H2,1-3,5H3/b9-7+,17-13+,21-10-,23-22?/t19-,25-,26+/m0/s1. The molecule has 1 spiro atoms. The maximum Gasteiger partial charge on any atom is 0.215 e. The Morgan fingerprint density at radius 3 is 2.66 bits per heavy atom. The van der Waals surface area contributed by atoms with Crippen LogP contribution in [0.25, 0.3) is 0 Å². The van der Waals surface area contributed by atoms with Crippen LogP contribution in [-0.4, -0.2) is 18.0 Å². The molecule has 0 amide bonds. The maximum absolute atomic E-state index is 13.9. The molecule has 3 aliphatic heterocycles. The van der Waals surface area contributed by atoms with Gasteiger partial charge in [0.05, 0.1) is 5.41 Å². The molecule has 0 radical (unpaired) electrons. The average molecular weight is 391 g/mol. The zero-order valence-electron chi connectivity index (χ0n) is 17.9. The van der Waals surface area contributed by atoms with Gasteiger partial charge in [-0.3, -0.25) is 4.79 Å². The molecule has 1 saturated heterocycles. The summed E-state index contributed by atoms with van der Waals surface area (Å²) in [7, 11) is 0. The summed E-state index contributed by atoms with van der Waals surface area (Å²) in [5.74, 6) is 1.23. The molecule has 0 aromatic rings. The third-order valence-corrected chi connectivity index (χ3v) is 6.68. The normalized spacial score (nSPS) is 39.2. The molecule has 1 fully saturated rings. The highest BCUT2D eigenvalue weighted by molar-refractivity contribution is 6.09. The molecule has 0 unspecified atom stereocenters. The van der Waals surface area contributed by atoms with Crippen molar-refractivity contribution in [3.8, 4) is 0 Å². The van der Waals surface area contributed by atoms with Crippen molar-refractivity contribution in [3.63, 3.8) is 0 Å². The first-order chi connectivity index (χ1) is 13.8. The summed E-state index contributed by atoms with van der Waals surface area (Å²) in [6.45, 7) is 13.1. The zero-order chi connectivity index (χ0) is 20.8. The second-order valence-electron chi connectivity index (χ2n) is 8.97. The Bertz CT molecular complexity index is 952. The van der Waals surface area contributed by atoms with Gasteiger partial charge in [-0.25, -0.2) is 0 Å². The van der Waals surface area contributed by atoms with Crippen LogP contribution in [0.3, 0.4) is 0 Å². The summed E-state index contributed by atoms with van der Waals surface area (Å²) >= 11 is 0. The zero-order valence-corrected chi connectivity index (χ0v) is 17.9. The molecule has 5 rings (SSSR count). The average Bonchev–Trinajstić information content (AvgIpc) is 2.91. The molecule has 0 saturated carbocycles. The minimum absolute atomic E-state index is 0.0180. The second-order valence-corrected chi connectivity index (χ2v) is 8.97. The van der Waals surface area contributed by atoms with Gasteiger partial charge in [0.2, 0.25) is 5.78 Å².